The molecule has 1 aromatic carbocycles. The first-order valence-corrected chi connectivity index (χ1v) is 6.17. The van der Waals surface area contributed by atoms with Crippen molar-refractivity contribution in [2.24, 2.45) is 16.7 Å². The summed E-state index contributed by atoms with van der Waals surface area (Å²) < 4.78 is 0. The Kier molecular flexibility index (Phi) is 2.80. The quantitative estimate of drug-likeness (QED) is 0.832. The molecule has 0 atom stereocenters. The summed E-state index contributed by atoms with van der Waals surface area (Å²) in [6.07, 6.45) is 0.778. The maximum absolute atomic E-state index is 12.2. The van der Waals surface area contributed by atoms with Crippen molar-refractivity contribution < 1.29 is 9.59 Å². The van der Waals surface area contributed by atoms with Gasteiger partial charge in [-0.2, -0.15) is 0 Å². The molecule has 1 amide bonds. The molecule has 0 radical (unpaired) electrons. The van der Waals surface area contributed by atoms with Gasteiger partial charge in [0.15, 0.2) is 0 Å². The number of aldehydes is 1. The van der Waals surface area contributed by atoms with Gasteiger partial charge >= 0.3 is 0 Å². The standard InChI is InChI=1S/C15H19NO2/c1-14(2)12(15(14,3)4)13(18)16-11-7-5-6-10(8-11)9-17/h5-9,12H,1-4H3,(H,16,18). The van der Waals surface area contributed by atoms with E-state index in [-0.39, 0.29) is 22.7 Å². The summed E-state index contributed by atoms with van der Waals surface area (Å²) in [7, 11) is 0. The molecule has 3 nitrogen and oxygen atoms in total. The van der Waals surface area contributed by atoms with Crippen molar-refractivity contribution in [3.63, 3.8) is 0 Å². The van der Waals surface area contributed by atoms with Gasteiger partial charge in [0, 0.05) is 17.2 Å². The molecule has 96 valence electrons. The third kappa shape index (κ3) is 1.84. The lowest BCUT2D eigenvalue weighted by Gasteiger charge is -2.06. The number of rotatable bonds is 3. The van der Waals surface area contributed by atoms with Crippen molar-refractivity contribution in [3.05, 3.63) is 29.8 Å². The van der Waals surface area contributed by atoms with Crippen LogP contribution in [0.25, 0.3) is 0 Å². The predicted molar refractivity (Wildman–Crippen MR) is 71.5 cm³/mol. The van der Waals surface area contributed by atoms with Gasteiger partial charge in [0.25, 0.3) is 0 Å². The molecule has 1 aliphatic carbocycles. The first-order chi connectivity index (χ1) is 8.30. The molecule has 3 heteroatoms. The average Bonchev–Trinajstić information content (AvgIpc) is 2.69. The van der Waals surface area contributed by atoms with Gasteiger partial charge in [0.05, 0.1) is 0 Å². The van der Waals surface area contributed by atoms with E-state index in [0.29, 0.717) is 11.3 Å². The third-order valence-corrected chi connectivity index (χ3v) is 4.57. The first-order valence-electron chi connectivity index (χ1n) is 6.17. The monoisotopic (exact) mass is 245 g/mol. The fraction of sp³-hybridized carbons (Fsp3) is 0.467. The summed E-state index contributed by atoms with van der Waals surface area (Å²) in [5.41, 5.74) is 1.31. The van der Waals surface area contributed by atoms with Gasteiger partial charge in [-0.1, -0.05) is 39.8 Å². The summed E-state index contributed by atoms with van der Waals surface area (Å²) in [5.74, 6) is 0.0536. The van der Waals surface area contributed by atoms with Crippen molar-refractivity contribution >= 4 is 17.9 Å². The van der Waals surface area contributed by atoms with Crippen LogP contribution in [0, 0.1) is 16.7 Å². The van der Waals surface area contributed by atoms with Crippen LogP contribution in [0.2, 0.25) is 0 Å². The zero-order chi connectivity index (χ0) is 13.6. The topological polar surface area (TPSA) is 46.2 Å². The fourth-order valence-electron chi connectivity index (χ4n) is 2.76. The highest BCUT2D eigenvalue weighted by molar-refractivity contribution is 5.96. The average molecular weight is 245 g/mol. The van der Waals surface area contributed by atoms with Crippen LogP contribution in [-0.2, 0) is 4.79 Å². The van der Waals surface area contributed by atoms with E-state index in [2.05, 4.69) is 33.0 Å². The Morgan fingerprint density at radius 2 is 1.83 bits per heavy atom. The van der Waals surface area contributed by atoms with Gasteiger partial charge in [0.2, 0.25) is 5.91 Å². The van der Waals surface area contributed by atoms with E-state index >= 15 is 0 Å². The molecule has 1 N–H and O–H groups in total. The first kappa shape index (κ1) is 12.8. The van der Waals surface area contributed by atoms with Crippen molar-refractivity contribution in [1.29, 1.82) is 0 Å². The third-order valence-electron chi connectivity index (χ3n) is 4.57. The van der Waals surface area contributed by atoms with Gasteiger partial charge in [0.1, 0.15) is 6.29 Å². The summed E-state index contributed by atoms with van der Waals surface area (Å²) in [6.45, 7) is 8.44. The highest BCUT2D eigenvalue weighted by atomic mass is 16.2. The van der Waals surface area contributed by atoms with E-state index in [1.54, 1.807) is 24.3 Å². The molecular weight excluding hydrogens is 226 g/mol. The Hall–Kier alpha value is -1.64. The number of hydrogen-bond acceptors (Lipinski definition) is 2. The SMILES string of the molecule is CC1(C)C(C(=O)Nc2cccc(C=O)c2)C1(C)C. The number of carbonyl (C=O) groups excluding carboxylic acids is 2. The largest absolute Gasteiger partial charge is 0.326 e. The molecule has 0 spiro atoms. The molecule has 18 heavy (non-hydrogen) atoms. The van der Waals surface area contributed by atoms with Crippen LogP contribution in [-0.4, -0.2) is 12.2 Å². The lowest BCUT2D eigenvalue weighted by atomic mass is 10.0. The van der Waals surface area contributed by atoms with Crippen LogP contribution < -0.4 is 5.32 Å². The van der Waals surface area contributed by atoms with Crippen molar-refractivity contribution in [2.75, 3.05) is 5.32 Å². The molecular formula is C15H19NO2. The normalized spacial score (nSPS) is 20.2. The molecule has 0 bridgehead atoms. The maximum Gasteiger partial charge on any atom is 0.228 e. The Morgan fingerprint density at radius 3 is 2.33 bits per heavy atom. The number of amides is 1. The molecule has 1 aromatic rings. The Balaban J connectivity index is 2.11. The lowest BCUT2D eigenvalue weighted by molar-refractivity contribution is -0.118. The minimum absolute atomic E-state index is 0.0184. The Morgan fingerprint density at radius 1 is 1.22 bits per heavy atom. The zero-order valence-electron chi connectivity index (χ0n) is 11.3. The number of carbonyl (C=O) groups is 2. The van der Waals surface area contributed by atoms with Gasteiger partial charge in [-0.05, 0) is 23.0 Å². The van der Waals surface area contributed by atoms with Crippen LogP contribution in [0.5, 0.6) is 0 Å². The van der Waals surface area contributed by atoms with Crippen LogP contribution in [0.3, 0.4) is 0 Å². The number of hydrogen-bond donors (Lipinski definition) is 1. The van der Waals surface area contributed by atoms with Gasteiger partial charge < -0.3 is 5.32 Å². The molecule has 0 heterocycles. The highest BCUT2D eigenvalue weighted by Crippen LogP contribution is 2.68. The molecule has 0 aliphatic heterocycles. The van der Waals surface area contributed by atoms with E-state index < -0.39 is 0 Å². The second kappa shape index (κ2) is 3.94. The minimum Gasteiger partial charge on any atom is -0.326 e. The smallest absolute Gasteiger partial charge is 0.228 e. The number of benzene rings is 1. The predicted octanol–water partition coefficient (Wildman–Crippen LogP) is 3.12. The number of nitrogens with one attached hydrogen (secondary N) is 1. The van der Waals surface area contributed by atoms with Gasteiger partial charge in [-0.3, -0.25) is 9.59 Å². The Bertz CT molecular complexity index is 489. The molecule has 1 aliphatic rings. The van der Waals surface area contributed by atoms with Crippen LogP contribution in [0.15, 0.2) is 24.3 Å². The van der Waals surface area contributed by atoms with Crippen LogP contribution >= 0.6 is 0 Å². The number of anilines is 1. The maximum atomic E-state index is 12.2. The molecule has 0 saturated heterocycles. The molecule has 2 rings (SSSR count). The molecule has 1 saturated carbocycles. The van der Waals surface area contributed by atoms with Gasteiger partial charge in [-0.25, -0.2) is 0 Å². The molecule has 1 fully saturated rings. The highest BCUT2D eigenvalue weighted by Gasteiger charge is 2.68. The summed E-state index contributed by atoms with van der Waals surface area (Å²) >= 11 is 0. The minimum atomic E-state index is 0.0184. The lowest BCUT2D eigenvalue weighted by Crippen LogP contribution is -2.17. The summed E-state index contributed by atoms with van der Waals surface area (Å²) in [6, 6.07) is 6.97. The van der Waals surface area contributed by atoms with Crippen molar-refractivity contribution in [3.8, 4) is 0 Å². The van der Waals surface area contributed by atoms with E-state index in [0.717, 1.165) is 6.29 Å². The van der Waals surface area contributed by atoms with Crippen LogP contribution in [0.4, 0.5) is 5.69 Å². The summed E-state index contributed by atoms with van der Waals surface area (Å²) in [5, 5.41) is 2.89. The molecule has 0 unspecified atom stereocenters. The van der Waals surface area contributed by atoms with Gasteiger partial charge in [-0.15, -0.1) is 0 Å². The van der Waals surface area contributed by atoms with Crippen molar-refractivity contribution in [1.82, 2.24) is 0 Å². The molecule has 0 aromatic heterocycles. The summed E-state index contributed by atoms with van der Waals surface area (Å²) in [4.78, 5) is 22.9. The fourth-order valence-corrected chi connectivity index (χ4v) is 2.76. The van der Waals surface area contributed by atoms with E-state index in [1.165, 1.54) is 0 Å². The Labute approximate surface area is 108 Å². The van der Waals surface area contributed by atoms with Crippen molar-refractivity contribution in [2.45, 2.75) is 27.7 Å². The van der Waals surface area contributed by atoms with E-state index in [9.17, 15) is 9.59 Å². The second-order valence-corrected chi connectivity index (χ2v) is 6.11. The second-order valence-electron chi connectivity index (χ2n) is 6.11. The van der Waals surface area contributed by atoms with Crippen LogP contribution in [0.1, 0.15) is 38.1 Å². The zero-order valence-corrected chi connectivity index (χ0v) is 11.3. The van der Waals surface area contributed by atoms with E-state index in [1.807, 2.05) is 0 Å². The van der Waals surface area contributed by atoms with E-state index in [4.69, 9.17) is 0 Å².